The number of hydrogen-bond donors (Lipinski definition) is 1. The topological polar surface area (TPSA) is 92.3 Å². The van der Waals surface area contributed by atoms with Crippen LogP contribution in [0.25, 0.3) is 0 Å². The van der Waals surface area contributed by atoms with Crippen LogP contribution in [0, 0.1) is 0 Å². The van der Waals surface area contributed by atoms with Crippen molar-refractivity contribution in [2.24, 2.45) is 0 Å². The van der Waals surface area contributed by atoms with Crippen molar-refractivity contribution in [1.82, 2.24) is 5.32 Å². The second-order valence-corrected chi connectivity index (χ2v) is 45.1. The Bertz CT molecular complexity index is 1120. The lowest BCUT2D eigenvalue weighted by molar-refractivity contribution is -0.124. The summed E-state index contributed by atoms with van der Waals surface area (Å²) in [6.07, 6.45) is 27.2. The first-order valence-electron chi connectivity index (χ1n) is 24.6. The summed E-state index contributed by atoms with van der Waals surface area (Å²) in [5, 5.41) is 3.06. The Morgan fingerprint density at radius 3 is 1.25 bits per heavy atom. The minimum Gasteiger partial charge on any atom is -0.437 e. The largest absolute Gasteiger partial charge is 0.437 e. The quantitative estimate of drug-likeness (QED) is 0.0485. The Morgan fingerprint density at radius 1 is 0.475 bits per heavy atom. The van der Waals surface area contributed by atoms with Gasteiger partial charge in [0.05, 0.1) is 0 Å². The van der Waals surface area contributed by atoms with Gasteiger partial charge >= 0.3 is 34.2 Å². The molecule has 0 heterocycles. The van der Waals surface area contributed by atoms with E-state index in [-0.39, 0.29) is 30.1 Å². The van der Waals surface area contributed by atoms with E-state index in [1.54, 1.807) is 0 Å². The standard InChI is InChI=1S/C45H101NO7Si6/c1-17-19-21-23-25-27-28-30-32-33-36-43(4)58(15,50-55(9,10)11)53-59(16,44(5)37-34-31-29-26-24-22-20-18-2)52-57(14,51-56(12,13)49-54(6,7)8)41-35-40-46-45(48)39-38-42(3)47/h43-44H,17-41H2,1-16H3,(H,46,48). The molecule has 0 fully saturated rings. The van der Waals surface area contributed by atoms with E-state index >= 15 is 0 Å². The lowest BCUT2D eigenvalue weighted by atomic mass is 10.1. The van der Waals surface area contributed by atoms with Gasteiger partial charge in [0.1, 0.15) is 5.78 Å². The Hall–Kier alpha value is 0.241. The van der Waals surface area contributed by atoms with Gasteiger partial charge in [0.2, 0.25) is 5.91 Å². The number of nitrogens with one attached hydrogen (secondary N) is 1. The molecule has 0 radical (unpaired) electrons. The monoisotopic (exact) mass is 936 g/mol. The predicted octanol–water partition coefficient (Wildman–Crippen LogP) is 15.2. The summed E-state index contributed by atoms with van der Waals surface area (Å²) in [4.78, 5) is 24.1. The van der Waals surface area contributed by atoms with Crippen molar-refractivity contribution in [3.8, 4) is 0 Å². The van der Waals surface area contributed by atoms with E-state index in [9.17, 15) is 9.59 Å². The van der Waals surface area contributed by atoms with E-state index < -0.39 is 50.9 Å². The molecule has 0 aromatic rings. The van der Waals surface area contributed by atoms with Gasteiger partial charge in [0.15, 0.2) is 16.6 Å². The number of hydrogen-bond acceptors (Lipinski definition) is 7. The van der Waals surface area contributed by atoms with Crippen LogP contribution in [0.3, 0.4) is 0 Å². The summed E-state index contributed by atoms with van der Waals surface area (Å²) in [6.45, 7) is 36.3. The Kier molecular flexibility index (Phi) is 30.5. The van der Waals surface area contributed by atoms with Gasteiger partial charge < -0.3 is 30.7 Å². The van der Waals surface area contributed by atoms with Crippen LogP contribution in [-0.2, 0) is 30.2 Å². The van der Waals surface area contributed by atoms with Gasteiger partial charge in [0, 0.05) is 19.4 Å². The van der Waals surface area contributed by atoms with E-state index in [1.165, 1.54) is 122 Å². The molecule has 0 aliphatic heterocycles. The first-order valence-corrected chi connectivity index (χ1v) is 41.5. The molecule has 0 bridgehead atoms. The molecule has 5 unspecified atom stereocenters. The molecule has 0 saturated carbocycles. The third kappa shape index (κ3) is 30.9. The number of carbonyl (C=O) groups is 2. The molecule has 0 saturated heterocycles. The lowest BCUT2D eigenvalue weighted by Crippen LogP contribution is -2.64. The van der Waals surface area contributed by atoms with Crippen LogP contribution >= 0.6 is 0 Å². The molecule has 0 aromatic carbocycles. The number of Topliss-reactive ketones (excluding diaryl/α,β-unsaturated/α-hetero) is 1. The second-order valence-electron chi connectivity index (χ2n) is 21.0. The zero-order chi connectivity index (χ0) is 45.2. The summed E-state index contributed by atoms with van der Waals surface area (Å²) >= 11 is 0. The van der Waals surface area contributed by atoms with Gasteiger partial charge in [-0.2, -0.15) is 0 Å². The average molecular weight is 937 g/mol. The fourth-order valence-corrected chi connectivity index (χ4v) is 38.4. The first kappa shape index (κ1) is 59.2. The molecular formula is C45H101NO7Si6. The molecule has 0 aliphatic rings. The van der Waals surface area contributed by atoms with Crippen molar-refractivity contribution in [3.63, 3.8) is 0 Å². The van der Waals surface area contributed by atoms with E-state index in [4.69, 9.17) is 20.6 Å². The van der Waals surface area contributed by atoms with E-state index in [1.807, 2.05) is 0 Å². The molecule has 0 rings (SSSR count). The van der Waals surface area contributed by atoms with Crippen LogP contribution in [0.5, 0.6) is 0 Å². The van der Waals surface area contributed by atoms with Gasteiger partial charge in [-0.15, -0.1) is 0 Å². The summed E-state index contributed by atoms with van der Waals surface area (Å²) in [5.41, 5.74) is 0.600. The van der Waals surface area contributed by atoms with Gasteiger partial charge in [-0.3, -0.25) is 4.79 Å². The van der Waals surface area contributed by atoms with Crippen molar-refractivity contribution < 1.29 is 30.2 Å². The van der Waals surface area contributed by atoms with E-state index in [0.29, 0.717) is 12.1 Å². The highest BCUT2D eigenvalue weighted by Crippen LogP contribution is 2.42. The molecular weight excluding hydrogens is 835 g/mol. The summed E-state index contributed by atoms with van der Waals surface area (Å²) in [7, 11) is -15.1. The smallest absolute Gasteiger partial charge is 0.320 e. The fourth-order valence-electron chi connectivity index (χ4n) is 8.35. The van der Waals surface area contributed by atoms with Crippen molar-refractivity contribution >= 4 is 62.6 Å². The van der Waals surface area contributed by atoms with Crippen LogP contribution in [0.4, 0.5) is 0 Å². The van der Waals surface area contributed by atoms with Gasteiger partial charge in [-0.1, -0.05) is 143 Å². The van der Waals surface area contributed by atoms with Crippen molar-refractivity contribution in [2.45, 2.75) is 271 Å². The van der Waals surface area contributed by atoms with Crippen molar-refractivity contribution in [3.05, 3.63) is 0 Å². The van der Waals surface area contributed by atoms with Crippen LogP contribution in [0.2, 0.25) is 89.1 Å². The third-order valence-electron chi connectivity index (χ3n) is 11.5. The SMILES string of the molecule is CCCCCCCCCCCCC(C)[Si](C)(O[Si](C)(C)C)O[Si](C)(O[Si](C)(CCCNC(=O)CCC(C)=O)O[Si](C)(C)O[Si](C)(C)C)C(C)CCCCCCCCCC. The predicted molar refractivity (Wildman–Crippen MR) is 269 cm³/mol. The van der Waals surface area contributed by atoms with Crippen molar-refractivity contribution in [1.29, 1.82) is 0 Å². The molecule has 1 N–H and O–H groups in total. The van der Waals surface area contributed by atoms with Crippen molar-refractivity contribution in [2.75, 3.05) is 6.54 Å². The normalized spacial score (nSPS) is 16.9. The maximum atomic E-state index is 12.6. The molecule has 0 spiro atoms. The number of carbonyl (C=O) groups excluding carboxylic acids is 2. The molecule has 8 nitrogen and oxygen atoms in total. The summed E-state index contributed by atoms with van der Waals surface area (Å²) in [6, 6.07) is 0.725. The summed E-state index contributed by atoms with van der Waals surface area (Å²) < 4.78 is 36.9. The number of amides is 1. The Labute approximate surface area is 374 Å². The van der Waals surface area contributed by atoms with Crippen LogP contribution < -0.4 is 5.32 Å². The third-order valence-corrected chi connectivity index (χ3v) is 35.6. The highest BCUT2D eigenvalue weighted by atomic mass is 28.5. The Morgan fingerprint density at radius 2 is 0.864 bits per heavy atom. The highest BCUT2D eigenvalue weighted by molar-refractivity contribution is 6.92. The van der Waals surface area contributed by atoms with Gasteiger partial charge in [-0.05, 0) is 115 Å². The maximum Gasteiger partial charge on any atom is 0.320 e. The number of rotatable bonds is 39. The number of unbranched alkanes of at least 4 members (excludes halogenated alkanes) is 16. The van der Waals surface area contributed by atoms with Gasteiger partial charge in [0.25, 0.3) is 0 Å². The average Bonchev–Trinajstić information content (AvgIpc) is 3.08. The Balaban J connectivity index is 6.50. The molecule has 5 atom stereocenters. The first-order chi connectivity index (χ1) is 27.3. The van der Waals surface area contributed by atoms with E-state index in [2.05, 4.69) is 105 Å². The molecule has 0 aromatic heterocycles. The fraction of sp³-hybridized carbons (Fsp3) is 0.956. The number of ketones is 1. The van der Waals surface area contributed by atoms with Crippen LogP contribution in [0.15, 0.2) is 0 Å². The zero-order valence-electron chi connectivity index (χ0n) is 42.2. The molecule has 59 heavy (non-hydrogen) atoms. The lowest BCUT2D eigenvalue weighted by Gasteiger charge is -2.49. The second kappa shape index (κ2) is 30.4. The zero-order valence-corrected chi connectivity index (χ0v) is 48.2. The molecule has 14 heteroatoms. The minimum atomic E-state index is -2.97. The van der Waals surface area contributed by atoms with Crippen LogP contribution in [-0.4, -0.2) is 69.1 Å². The minimum absolute atomic E-state index is 0.0355. The maximum absolute atomic E-state index is 12.6. The molecule has 352 valence electrons. The van der Waals surface area contributed by atoms with E-state index in [0.717, 1.165) is 25.3 Å². The molecule has 0 aliphatic carbocycles. The van der Waals surface area contributed by atoms with Crippen LogP contribution in [0.1, 0.15) is 182 Å². The van der Waals surface area contributed by atoms with Gasteiger partial charge in [-0.25, -0.2) is 0 Å². The summed E-state index contributed by atoms with van der Waals surface area (Å²) in [5.74, 6) is -0.0429. The highest BCUT2D eigenvalue weighted by Gasteiger charge is 2.55. The molecule has 1 amide bonds.